The molecule has 2 nitrogen and oxygen atoms in total. The van der Waals surface area contributed by atoms with Gasteiger partial charge in [0.2, 0.25) is 0 Å². The van der Waals surface area contributed by atoms with Gasteiger partial charge in [-0.2, -0.15) is 0 Å². The maximum Gasteiger partial charge on any atom is 0.0678 e. The van der Waals surface area contributed by atoms with E-state index in [1.165, 1.54) is 23.2 Å². The fraction of sp³-hybridized carbons (Fsp3) is 0.381. The van der Waals surface area contributed by atoms with E-state index < -0.39 is 0 Å². The minimum Gasteiger partial charge on any atom is -0.372 e. The average molecular weight is 306 g/mol. The highest BCUT2D eigenvalue weighted by Crippen LogP contribution is 2.35. The van der Waals surface area contributed by atoms with E-state index in [2.05, 4.69) is 80.5 Å². The largest absolute Gasteiger partial charge is 0.372 e. The third kappa shape index (κ3) is 3.64. The first-order valence-electron chi connectivity index (χ1n) is 8.58. The van der Waals surface area contributed by atoms with Crippen molar-refractivity contribution in [3.63, 3.8) is 0 Å². The highest BCUT2D eigenvalue weighted by Gasteiger charge is 2.21. The Morgan fingerprint density at radius 1 is 1.17 bits per heavy atom. The van der Waals surface area contributed by atoms with Gasteiger partial charge in [-0.05, 0) is 49.8 Å². The molecule has 2 heteroatoms. The summed E-state index contributed by atoms with van der Waals surface area (Å²) < 4.78 is 0. The Bertz CT molecular complexity index is 675. The molecule has 0 N–H and O–H groups in total. The molecule has 0 amide bonds. The third-order valence-electron chi connectivity index (χ3n) is 4.85. The molecule has 2 aromatic carbocycles. The minimum atomic E-state index is 0.438. The van der Waals surface area contributed by atoms with Crippen LogP contribution in [0.4, 0.5) is 11.4 Å². The first kappa shape index (κ1) is 15.8. The molecule has 23 heavy (non-hydrogen) atoms. The number of aliphatic imine (C=N–C) groups is 1. The van der Waals surface area contributed by atoms with E-state index >= 15 is 0 Å². The van der Waals surface area contributed by atoms with E-state index in [1.54, 1.807) is 0 Å². The second-order valence-electron chi connectivity index (χ2n) is 6.72. The van der Waals surface area contributed by atoms with E-state index in [0.29, 0.717) is 12.0 Å². The molecule has 2 atom stereocenters. The fourth-order valence-electron chi connectivity index (χ4n) is 3.30. The Kier molecular flexibility index (Phi) is 4.80. The molecule has 0 radical (unpaired) electrons. The monoisotopic (exact) mass is 306 g/mol. The second kappa shape index (κ2) is 6.99. The van der Waals surface area contributed by atoms with Crippen LogP contribution >= 0.6 is 0 Å². The summed E-state index contributed by atoms with van der Waals surface area (Å²) in [7, 11) is 2.19. The molecule has 0 aromatic heterocycles. The third-order valence-corrected chi connectivity index (χ3v) is 4.85. The van der Waals surface area contributed by atoms with Crippen LogP contribution in [0, 0.1) is 5.92 Å². The number of benzene rings is 2. The van der Waals surface area contributed by atoms with Crippen LogP contribution in [0.1, 0.15) is 31.4 Å². The van der Waals surface area contributed by atoms with Gasteiger partial charge in [-0.1, -0.05) is 43.3 Å². The number of fused-ring (bicyclic) bond motifs is 1. The van der Waals surface area contributed by atoms with Gasteiger partial charge in [0.25, 0.3) is 0 Å². The van der Waals surface area contributed by atoms with Crippen LogP contribution < -0.4 is 4.90 Å². The zero-order valence-electron chi connectivity index (χ0n) is 14.4. The van der Waals surface area contributed by atoms with Gasteiger partial charge >= 0.3 is 0 Å². The molecule has 0 bridgehead atoms. The molecular weight excluding hydrogens is 280 g/mol. The van der Waals surface area contributed by atoms with Gasteiger partial charge in [-0.15, -0.1) is 0 Å². The van der Waals surface area contributed by atoms with Crippen molar-refractivity contribution < 1.29 is 0 Å². The van der Waals surface area contributed by atoms with Crippen molar-refractivity contribution in [1.82, 2.24) is 0 Å². The standard InChI is InChI=1S/C21H26N2/c1-16(14-18-8-5-4-6-9-18)15-22-20-10-7-11-21-19(20)13-12-17(2)23(21)3/h4-11,15-17H,12-14H2,1-3H3/b22-15+. The molecule has 3 rings (SSSR count). The molecule has 0 fully saturated rings. The molecule has 120 valence electrons. The van der Waals surface area contributed by atoms with Crippen LogP contribution in [0.5, 0.6) is 0 Å². The van der Waals surface area contributed by atoms with E-state index in [0.717, 1.165) is 18.5 Å². The van der Waals surface area contributed by atoms with Crippen LogP contribution in [0.15, 0.2) is 53.5 Å². The molecule has 0 saturated heterocycles. The van der Waals surface area contributed by atoms with E-state index in [9.17, 15) is 0 Å². The van der Waals surface area contributed by atoms with Crippen LogP contribution in [-0.4, -0.2) is 19.3 Å². The Labute approximate surface area is 139 Å². The average Bonchev–Trinajstić information content (AvgIpc) is 2.57. The maximum atomic E-state index is 4.82. The molecule has 0 spiro atoms. The Morgan fingerprint density at radius 3 is 2.74 bits per heavy atom. The number of nitrogens with zero attached hydrogens (tertiary/aromatic N) is 2. The maximum absolute atomic E-state index is 4.82. The lowest BCUT2D eigenvalue weighted by atomic mass is 9.95. The summed E-state index contributed by atoms with van der Waals surface area (Å²) in [4.78, 5) is 7.20. The highest BCUT2D eigenvalue weighted by atomic mass is 15.1. The van der Waals surface area contributed by atoms with Gasteiger partial charge in [0.1, 0.15) is 0 Å². The van der Waals surface area contributed by atoms with Gasteiger partial charge in [-0.3, -0.25) is 4.99 Å². The van der Waals surface area contributed by atoms with Gasteiger partial charge in [0, 0.05) is 30.6 Å². The van der Waals surface area contributed by atoms with Gasteiger partial charge in [0.05, 0.1) is 5.69 Å². The van der Waals surface area contributed by atoms with Crippen LogP contribution in [-0.2, 0) is 12.8 Å². The molecule has 0 saturated carbocycles. The zero-order valence-corrected chi connectivity index (χ0v) is 14.4. The number of rotatable bonds is 4. The Balaban J connectivity index is 1.75. The first-order chi connectivity index (χ1) is 11.1. The smallest absolute Gasteiger partial charge is 0.0678 e. The molecule has 0 aliphatic carbocycles. The topological polar surface area (TPSA) is 15.6 Å². The normalized spacial score (nSPS) is 18.9. The number of hydrogen-bond donors (Lipinski definition) is 0. The number of hydrogen-bond acceptors (Lipinski definition) is 2. The molecule has 1 aliphatic rings. The van der Waals surface area contributed by atoms with E-state index in [1.807, 2.05) is 0 Å². The SMILES string of the molecule is CC(/C=N/c1cccc2c1CCC(C)N2C)Cc1ccccc1. The van der Waals surface area contributed by atoms with Gasteiger partial charge in [-0.25, -0.2) is 0 Å². The zero-order chi connectivity index (χ0) is 16.2. The first-order valence-corrected chi connectivity index (χ1v) is 8.58. The summed E-state index contributed by atoms with van der Waals surface area (Å²) in [6.07, 6.45) is 5.48. The lowest BCUT2D eigenvalue weighted by molar-refractivity contribution is 0.599. The van der Waals surface area contributed by atoms with Crippen molar-refractivity contribution in [2.24, 2.45) is 10.9 Å². The van der Waals surface area contributed by atoms with Crippen molar-refractivity contribution in [3.05, 3.63) is 59.7 Å². The van der Waals surface area contributed by atoms with Gasteiger partial charge < -0.3 is 4.90 Å². The molecule has 2 aromatic rings. The van der Waals surface area contributed by atoms with Crippen LogP contribution in [0.3, 0.4) is 0 Å². The summed E-state index contributed by atoms with van der Waals surface area (Å²) >= 11 is 0. The summed E-state index contributed by atoms with van der Waals surface area (Å²) in [5, 5.41) is 0. The van der Waals surface area contributed by atoms with Crippen molar-refractivity contribution in [2.75, 3.05) is 11.9 Å². The predicted molar refractivity (Wildman–Crippen MR) is 100 cm³/mol. The van der Waals surface area contributed by atoms with Crippen molar-refractivity contribution in [1.29, 1.82) is 0 Å². The van der Waals surface area contributed by atoms with Crippen molar-refractivity contribution >= 4 is 17.6 Å². The Morgan fingerprint density at radius 2 is 1.96 bits per heavy atom. The summed E-state index contributed by atoms with van der Waals surface area (Å²) in [6, 6.07) is 17.7. The quantitative estimate of drug-likeness (QED) is 0.723. The molecular formula is C21H26N2. The molecule has 1 aliphatic heterocycles. The summed E-state index contributed by atoms with van der Waals surface area (Å²) in [5.74, 6) is 0.438. The summed E-state index contributed by atoms with van der Waals surface area (Å²) in [5.41, 5.74) is 5.25. The highest BCUT2D eigenvalue weighted by molar-refractivity contribution is 5.72. The van der Waals surface area contributed by atoms with Gasteiger partial charge in [0.15, 0.2) is 0 Å². The van der Waals surface area contributed by atoms with Crippen LogP contribution in [0.2, 0.25) is 0 Å². The van der Waals surface area contributed by atoms with E-state index in [-0.39, 0.29) is 0 Å². The number of anilines is 1. The predicted octanol–water partition coefficient (Wildman–Crippen LogP) is 5.04. The molecule has 1 heterocycles. The lowest BCUT2D eigenvalue weighted by Crippen LogP contribution is -2.33. The Hall–Kier alpha value is -2.09. The summed E-state index contributed by atoms with van der Waals surface area (Å²) in [6.45, 7) is 4.53. The van der Waals surface area contributed by atoms with Crippen LogP contribution in [0.25, 0.3) is 0 Å². The second-order valence-corrected chi connectivity index (χ2v) is 6.72. The molecule has 2 unspecified atom stereocenters. The van der Waals surface area contributed by atoms with Crippen molar-refractivity contribution in [3.8, 4) is 0 Å². The minimum absolute atomic E-state index is 0.438. The van der Waals surface area contributed by atoms with E-state index in [4.69, 9.17) is 4.99 Å². The fourth-order valence-corrected chi connectivity index (χ4v) is 3.30. The lowest BCUT2D eigenvalue weighted by Gasteiger charge is -2.34. The van der Waals surface area contributed by atoms with Crippen molar-refractivity contribution in [2.45, 2.75) is 39.2 Å².